The first-order valence-corrected chi connectivity index (χ1v) is 7.45. The van der Waals surface area contributed by atoms with Crippen LogP contribution in [0.1, 0.15) is 5.56 Å². The zero-order valence-corrected chi connectivity index (χ0v) is 11.9. The van der Waals surface area contributed by atoms with Gasteiger partial charge in [-0.3, -0.25) is 0 Å². The molecule has 2 aromatic heterocycles. The van der Waals surface area contributed by atoms with Crippen molar-refractivity contribution in [2.24, 2.45) is 0 Å². The Morgan fingerprint density at radius 2 is 1.89 bits per heavy atom. The highest BCUT2D eigenvalue weighted by atomic mass is 35.5. The number of benzene rings is 1. The van der Waals surface area contributed by atoms with Crippen molar-refractivity contribution in [1.82, 2.24) is 9.97 Å². The standard InChI is InChI=1S/C13H9ClN2S2/c1-8-2-4-9(5-3-8)18-12-10-6-7-17-11(10)15-13(14)16-12/h2-7H,1H3. The van der Waals surface area contributed by atoms with Gasteiger partial charge in [0.15, 0.2) is 0 Å². The second-order valence-corrected chi connectivity index (χ2v) is 6.15. The van der Waals surface area contributed by atoms with E-state index >= 15 is 0 Å². The van der Waals surface area contributed by atoms with Crippen LogP contribution in [0.2, 0.25) is 5.28 Å². The van der Waals surface area contributed by atoms with Gasteiger partial charge >= 0.3 is 0 Å². The highest BCUT2D eigenvalue weighted by Crippen LogP contribution is 2.34. The summed E-state index contributed by atoms with van der Waals surface area (Å²) in [6.07, 6.45) is 0. The molecule has 2 heterocycles. The summed E-state index contributed by atoms with van der Waals surface area (Å²) in [7, 11) is 0. The van der Waals surface area contributed by atoms with Crippen LogP contribution in [0.3, 0.4) is 0 Å². The summed E-state index contributed by atoms with van der Waals surface area (Å²) >= 11 is 9.14. The average molecular weight is 293 g/mol. The lowest BCUT2D eigenvalue weighted by molar-refractivity contribution is 1.11. The largest absolute Gasteiger partial charge is 0.224 e. The molecule has 0 spiro atoms. The Balaban J connectivity index is 2.03. The first-order valence-electron chi connectivity index (χ1n) is 5.37. The van der Waals surface area contributed by atoms with E-state index in [-0.39, 0.29) is 0 Å². The maximum atomic E-state index is 5.94. The predicted molar refractivity (Wildman–Crippen MR) is 77.7 cm³/mol. The summed E-state index contributed by atoms with van der Waals surface area (Å²) in [6, 6.07) is 10.4. The fraction of sp³-hybridized carbons (Fsp3) is 0.0769. The number of thiophene rings is 1. The van der Waals surface area contributed by atoms with Gasteiger partial charge in [0.2, 0.25) is 5.28 Å². The van der Waals surface area contributed by atoms with Crippen LogP contribution in [-0.4, -0.2) is 9.97 Å². The van der Waals surface area contributed by atoms with Gasteiger partial charge in [-0.15, -0.1) is 11.3 Å². The first-order chi connectivity index (χ1) is 8.72. The third-order valence-electron chi connectivity index (χ3n) is 2.50. The lowest BCUT2D eigenvalue weighted by Crippen LogP contribution is -1.86. The average Bonchev–Trinajstić information content (AvgIpc) is 2.80. The van der Waals surface area contributed by atoms with Crippen LogP contribution in [0.4, 0.5) is 0 Å². The number of hydrogen-bond acceptors (Lipinski definition) is 4. The molecule has 0 bridgehead atoms. The molecule has 2 nitrogen and oxygen atoms in total. The van der Waals surface area contributed by atoms with E-state index in [0.717, 1.165) is 20.1 Å². The van der Waals surface area contributed by atoms with Gasteiger partial charge in [-0.1, -0.05) is 29.5 Å². The molecule has 5 heteroatoms. The second-order valence-electron chi connectivity index (χ2n) is 3.85. The van der Waals surface area contributed by atoms with E-state index in [1.165, 1.54) is 5.56 Å². The number of nitrogens with zero attached hydrogens (tertiary/aromatic N) is 2. The fourth-order valence-corrected chi connectivity index (χ4v) is 3.60. The van der Waals surface area contributed by atoms with Gasteiger partial charge in [-0.05, 0) is 42.1 Å². The van der Waals surface area contributed by atoms with E-state index in [9.17, 15) is 0 Å². The molecule has 3 aromatic rings. The van der Waals surface area contributed by atoms with Crippen molar-refractivity contribution in [2.75, 3.05) is 0 Å². The Bertz CT molecular complexity index is 692. The molecular weight excluding hydrogens is 284 g/mol. The molecule has 1 aromatic carbocycles. The predicted octanol–water partition coefficient (Wildman–Crippen LogP) is 4.80. The van der Waals surface area contributed by atoms with Crippen molar-refractivity contribution < 1.29 is 0 Å². The van der Waals surface area contributed by atoms with Crippen LogP contribution in [0.25, 0.3) is 10.2 Å². The Hall–Kier alpha value is -1.10. The van der Waals surface area contributed by atoms with Crippen molar-refractivity contribution in [2.45, 2.75) is 16.8 Å². The maximum absolute atomic E-state index is 5.94. The third kappa shape index (κ3) is 2.36. The SMILES string of the molecule is Cc1ccc(Sc2nc(Cl)nc3sccc23)cc1. The van der Waals surface area contributed by atoms with E-state index in [1.54, 1.807) is 23.1 Å². The van der Waals surface area contributed by atoms with Crippen LogP contribution >= 0.6 is 34.7 Å². The van der Waals surface area contributed by atoms with Crippen molar-refractivity contribution in [3.8, 4) is 0 Å². The van der Waals surface area contributed by atoms with E-state index in [0.29, 0.717) is 5.28 Å². The highest BCUT2D eigenvalue weighted by Gasteiger charge is 2.09. The number of aryl methyl sites for hydroxylation is 1. The molecule has 0 atom stereocenters. The van der Waals surface area contributed by atoms with Crippen LogP contribution in [0.15, 0.2) is 45.6 Å². The van der Waals surface area contributed by atoms with Crippen molar-refractivity contribution in [3.05, 3.63) is 46.6 Å². The van der Waals surface area contributed by atoms with E-state index in [1.807, 2.05) is 11.4 Å². The Labute approximate surface area is 118 Å². The minimum atomic E-state index is 0.305. The summed E-state index contributed by atoms with van der Waals surface area (Å²) in [5.41, 5.74) is 1.25. The molecule has 0 saturated heterocycles. The molecule has 0 amide bonds. The molecule has 18 heavy (non-hydrogen) atoms. The molecule has 0 fully saturated rings. The van der Waals surface area contributed by atoms with Gasteiger partial charge in [-0.2, -0.15) is 0 Å². The topological polar surface area (TPSA) is 25.8 Å². The smallest absolute Gasteiger partial charge is 0.210 e. The monoisotopic (exact) mass is 292 g/mol. The summed E-state index contributed by atoms with van der Waals surface area (Å²) < 4.78 is 0. The Morgan fingerprint density at radius 3 is 2.67 bits per heavy atom. The molecule has 0 unspecified atom stereocenters. The lowest BCUT2D eigenvalue weighted by Gasteiger charge is -2.03. The number of rotatable bonds is 2. The van der Waals surface area contributed by atoms with E-state index < -0.39 is 0 Å². The number of hydrogen-bond donors (Lipinski definition) is 0. The molecular formula is C13H9ClN2S2. The normalized spacial score (nSPS) is 11.0. The molecule has 0 radical (unpaired) electrons. The molecule has 0 aliphatic heterocycles. The molecule has 0 aliphatic rings. The van der Waals surface area contributed by atoms with E-state index in [4.69, 9.17) is 11.6 Å². The van der Waals surface area contributed by atoms with Gasteiger partial charge < -0.3 is 0 Å². The minimum Gasteiger partial charge on any atom is -0.210 e. The van der Waals surface area contributed by atoms with Crippen LogP contribution in [0.5, 0.6) is 0 Å². The Morgan fingerprint density at radius 1 is 1.11 bits per heavy atom. The molecule has 0 N–H and O–H groups in total. The maximum Gasteiger partial charge on any atom is 0.224 e. The van der Waals surface area contributed by atoms with Gasteiger partial charge in [0.1, 0.15) is 9.86 Å². The summed E-state index contributed by atoms with van der Waals surface area (Å²) in [5, 5.41) is 4.29. The van der Waals surface area contributed by atoms with Crippen molar-refractivity contribution in [1.29, 1.82) is 0 Å². The van der Waals surface area contributed by atoms with Gasteiger partial charge in [0, 0.05) is 10.3 Å². The van der Waals surface area contributed by atoms with E-state index in [2.05, 4.69) is 41.2 Å². The zero-order chi connectivity index (χ0) is 12.5. The Kier molecular flexibility index (Phi) is 3.24. The quantitative estimate of drug-likeness (QED) is 0.501. The molecule has 3 rings (SSSR count). The minimum absolute atomic E-state index is 0.305. The van der Waals surface area contributed by atoms with Crippen LogP contribution in [0, 0.1) is 6.92 Å². The molecule has 90 valence electrons. The van der Waals surface area contributed by atoms with Crippen LogP contribution in [-0.2, 0) is 0 Å². The number of halogens is 1. The van der Waals surface area contributed by atoms with Gasteiger partial charge in [-0.25, -0.2) is 9.97 Å². The summed E-state index contributed by atoms with van der Waals surface area (Å²) in [4.78, 5) is 10.6. The molecule has 0 aliphatic carbocycles. The van der Waals surface area contributed by atoms with Crippen molar-refractivity contribution in [3.63, 3.8) is 0 Å². The highest BCUT2D eigenvalue weighted by molar-refractivity contribution is 7.99. The zero-order valence-electron chi connectivity index (χ0n) is 9.55. The van der Waals surface area contributed by atoms with Crippen LogP contribution < -0.4 is 0 Å². The third-order valence-corrected chi connectivity index (χ3v) is 4.49. The fourth-order valence-electron chi connectivity index (χ4n) is 1.60. The van der Waals surface area contributed by atoms with Gasteiger partial charge in [0.05, 0.1) is 0 Å². The summed E-state index contributed by atoms with van der Waals surface area (Å²) in [5.74, 6) is 0. The van der Waals surface area contributed by atoms with Gasteiger partial charge in [0.25, 0.3) is 0 Å². The lowest BCUT2D eigenvalue weighted by atomic mass is 10.2. The van der Waals surface area contributed by atoms with Crippen molar-refractivity contribution >= 4 is 44.9 Å². The second kappa shape index (κ2) is 4.88. The first kappa shape index (κ1) is 12.0. The number of fused-ring (bicyclic) bond motifs is 1. The molecule has 0 saturated carbocycles. The summed E-state index contributed by atoms with van der Waals surface area (Å²) in [6.45, 7) is 2.08. The number of aromatic nitrogens is 2.